The number of carbonyl (C=O) groups is 1. The van der Waals surface area contributed by atoms with Crippen LogP contribution in [-0.4, -0.2) is 43.1 Å². The normalized spacial score (nSPS) is 15.7. The number of fused-ring (bicyclic) bond motifs is 2. The SMILES string of the molecule is [C-]#[N+]c1ccc2c(c1)CN(Cc1cc([C@H](CC(=O)O)c3ccc4c(nnn4C)c3C)ccc1C)CC(C)(C)O2. The molecule has 0 saturated carbocycles. The Hall–Kier alpha value is -4.22. The average Bonchev–Trinajstić information content (AvgIpc) is 3.20. The molecule has 0 fully saturated rings. The van der Waals surface area contributed by atoms with Gasteiger partial charge in [0.25, 0.3) is 0 Å². The molecule has 1 atom stereocenters. The van der Waals surface area contributed by atoms with E-state index in [-0.39, 0.29) is 12.3 Å². The van der Waals surface area contributed by atoms with Gasteiger partial charge in [-0.05, 0) is 79.3 Å². The standard InChI is InChI=1S/C31H33N5O3/c1-19-7-8-21(26(15-29(37)38)25-10-11-27-30(20(25)2)33-34-35(27)6)13-22(19)16-36-17-23-14-24(32-5)9-12-28(23)39-31(3,4)18-36/h7-14,26H,15-18H2,1-4,6H3,(H,37,38)/t26-/m0/s1. The first-order chi connectivity index (χ1) is 18.5. The zero-order valence-corrected chi connectivity index (χ0v) is 23.0. The average molecular weight is 524 g/mol. The number of hydrogen-bond acceptors (Lipinski definition) is 5. The highest BCUT2D eigenvalue weighted by molar-refractivity contribution is 5.80. The quantitative estimate of drug-likeness (QED) is 0.316. The predicted molar refractivity (Wildman–Crippen MR) is 150 cm³/mol. The van der Waals surface area contributed by atoms with Crippen molar-refractivity contribution in [3.8, 4) is 5.75 Å². The third-order valence-electron chi connectivity index (χ3n) is 7.56. The number of benzene rings is 3. The van der Waals surface area contributed by atoms with Crippen molar-refractivity contribution in [2.24, 2.45) is 7.05 Å². The molecule has 8 heteroatoms. The zero-order chi connectivity index (χ0) is 27.9. The van der Waals surface area contributed by atoms with Crippen molar-refractivity contribution in [1.29, 1.82) is 0 Å². The van der Waals surface area contributed by atoms with Crippen LogP contribution in [0.5, 0.6) is 5.75 Å². The van der Waals surface area contributed by atoms with E-state index < -0.39 is 11.6 Å². The Morgan fingerprint density at radius 3 is 2.72 bits per heavy atom. The van der Waals surface area contributed by atoms with Gasteiger partial charge >= 0.3 is 5.97 Å². The number of aromatic nitrogens is 3. The summed E-state index contributed by atoms with van der Waals surface area (Å²) in [5.41, 5.74) is 8.05. The summed E-state index contributed by atoms with van der Waals surface area (Å²) < 4.78 is 8.06. The van der Waals surface area contributed by atoms with Gasteiger partial charge < -0.3 is 9.84 Å². The predicted octanol–water partition coefficient (Wildman–Crippen LogP) is 5.92. The monoisotopic (exact) mass is 523 g/mol. The summed E-state index contributed by atoms with van der Waals surface area (Å²) in [5, 5.41) is 18.3. The Bertz CT molecular complexity index is 1610. The number of hydrogen-bond donors (Lipinski definition) is 1. The maximum atomic E-state index is 12.0. The van der Waals surface area contributed by atoms with Crippen LogP contribution in [-0.2, 0) is 24.9 Å². The largest absolute Gasteiger partial charge is 0.486 e. The van der Waals surface area contributed by atoms with Gasteiger partial charge in [0.2, 0.25) is 0 Å². The highest BCUT2D eigenvalue weighted by atomic mass is 16.5. The van der Waals surface area contributed by atoms with Crippen molar-refractivity contribution < 1.29 is 14.6 Å². The lowest BCUT2D eigenvalue weighted by Gasteiger charge is -2.30. The summed E-state index contributed by atoms with van der Waals surface area (Å²) in [7, 11) is 1.85. The lowest BCUT2D eigenvalue weighted by molar-refractivity contribution is -0.137. The van der Waals surface area contributed by atoms with Gasteiger partial charge in [0.15, 0.2) is 5.69 Å². The number of carboxylic acid groups (broad SMARTS) is 1. The topological polar surface area (TPSA) is 84.8 Å². The third kappa shape index (κ3) is 5.36. The highest BCUT2D eigenvalue weighted by Gasteiger charge is 2.30. The third-order valence-corrected chi connectivity index (χ3v) is 7.56. The van der Waals surface area contributed by atoms with Crippen LogP contribution in [0, 0.1) is 20.4 Å². The molecule has 0 unspecified atom stereocenters. The summed E-state index contributed by atoms with van der Waals surface area (Å²) in [6, 6.07) is 15.9. The number of ether oxygens (including phenoxy) is 1. The van der Waals surface area contributed by atoms with E-state index in [4.69, 9.17) is 11.3 Å². The molecule has 39 heavy (non-hydrogen) atoms. The molecule has 0 saturated heterocycles. The first-order valence-corrected chi connectivity index (χ1v) is 13.1. The molecule has 8 nitrogen and oxygen atoms in total. The lowest BCUT2D eigenvalue weighted by atomic mass is 9.84. The van der Waals surface area contributed by atoms with Crippen LogP contribution < -0.4 is 4.74 Å². The van der Waals surface area contributed by atoms with E-state index in [0.717, 1.165) is 50.2 Å². The summed E-state index contributed by atoms with van der Waals surface area (Å²) in [6.07, 6.45) is -0.0214. The van der Waals surface area contributed by atoms with Gasteiger partial charge in [-0.2, -0.15) is 0 Å². The van der Waals surface area contributed by atoms with Crippen LogP contribution in [0.25, 0.3) is 15.9 Å². The molecule has 0 radical (unpaired) electrons. The molecule has 5 rings (SSSR count). The summed E-state index contributed by atoms with van der Waals surface area (Å²) in [4.78, 5) is 17.9. The van der Waals surface area contributed by atoms with Gasteiger partial charge in [-0.15, -0.1) is 5.10 Å². The second kappa shape index (κ2) is 10.2. The molecule has 3 aromatic carbocycles. The van der Waals surface area contributed by atoms with Crippen molar-refractivity contribution in [3.63, 3.8) is 0 Å². The first-order valence-electron chi connectivity index (χ1n) is 13.1. The van der Waals surface area contributed by atoms with E-state index in [1.165, 1.54) is 0 Å². The molecule has 0 bridgehead atoms. The minimum atomic E-state index is -0.848. The minimum Gasteiger partial charge on any atom is -0.486 e. The lowest BCUT2D eigenvalue weighted by Crippen LogP contribution is -2.40. The fraction of sp³-hybridized carbons (Fsp3) is 0.355. The van der Waals surface area contributed by atoms with Gasteiger partial charge in [-0.3, -0.25) is 9.69 Å². The maximum absolute atomic E-state index is 12.0. The molecule has 1 N–H and O–H groups in total. The molecule has 4 aromatic rings. The number of aryl methyl sites for hydroxylation is 3. The Kier molecular flexibility index (Phi) is 6.87. The molecule has 0 amide bonds. The van der Waals surface area contributed by atoms with Crippen LogP contribution >= 0.6 is 0 Å². The van der Waals surface area contributed by atoms with Gasteiger partial charge in [0.05, 0.1) is 18.5 Å². The van der Waals surface area contributed by atoms with Gasteiger partial charge in [0.1, 0.15) is 16.9 Å². The van der Waals surface area contributed by atoms with Crippen molar-refractivity contribution >= 4 is 22.7 Å². The van der Waals surface area contributed by atoms with Crippen molar-refractivity contribution in [1.82, 2.24) is 19.9 Å². The molecule has 0 spiro atoms. The summed E-state index contributed by atoms with van der Waals surface area (Å²) in [5.74, 6) is -0.352. The fourth-order valence-corrected chi connectivity index (χ4v) is 5.66. The number of rotatable bonds is 6. The first kappa shape index (κ1) is 26.4. The van der Waals surface area contributed by atoms with Crippen molar-refractivity contribution in [2.45, 2.75) is 58.7 Å². The van der Waals surface area contributed by atoms with Crippen LogP contribution in [0.15, 0.2) is 48.5 Å². The second-order valence-corrected chi connectivity index (χ2v) is 11.1. The van der Waals surface area contributed by atoms with Crippen LogP contribution in [0.1, 0.15) is 59.6 Å². The smallest absolute Gasteiger partial charge is 0.304 e. The van der Waals surface area contributed by atoms with E-state index in [2.05, 4.69) is 53.0 Å². The molecule has 1 aliphatic rings. The molecular formula is C31H33N5O3. The zero-order valence-electron chi connectivity index (χ0n) is 23.0. The van der Waals surface area contributed by atoms with E-state index in [0.29, 0.717) is 25.3 Å². The Morgan fingerprint density at radius 1 is 1.18 bits per heavy atom. The van der Waals surface area contributed by atoms with E-state index in [1.54, 1.807) is 10.7 Å². The van der Waals surface area contributed by atoms with Gasteiger partial charge in [0, 0.05) is 32.6 Å². The highest BCUT2D eigenvalue weighted by Crippen LogP contribution is 2.36. The van der Waals surface area contributed by atoms with Crippen LogP contribution in [0.4, 0.5) is 5.69 Å². The van der Waals surface area contributed by atoms with Crippen molar-refractivity contribution in [3.05, 3.63) is 93.3 Å². The molecule has 1 aromatic heterocycles. The molecular weight excluding hydrogens is 490 g/mol. The Balaban J connectivity index is 1.51. The van der Waals surface area contributed by atoms with Crippen LogP contribution in [0.2, 0.25) is 0 Å². The Labute approximate surface area is 228 Å². The molecule has 2 heterocycles. The number of aliphatic carboxylic acids is 1. The van der Waals surface area contributed by atoms with Crippen molar-refractivity contribution in [2.75, 3.05) is 6.54 Å². The van der Waals surface area contributed by atoms with E-state index in [1.807, 2.05) is 44.3 Å². The summed E-state index contributed by atoms with van der Waals surface area (Å²) >= 11 is 0. The Morgan fingerprint density at radius 2 is 1.97 bits per heavy atom. The fourth-order valence-electron chi connectivity index (χ4n) is 5.66. The van der Waals surface area contributed by atoms with E-state index in [9.17, 15) is 9.90 Å². The molecule has 1 aliphatic heterocycles. The van der Waals surface area contributed by atoms with Crippen LogP contribution in [0.3, 0.4) is 0 Å². The maximum Gasteiger partial charge on any atom is 0.304 e. The van der Waals surface area contributed by atoms with Gasteiger partial charge in [-0.1, -0.05) is 35.5 Å². The van der Waals surface area contributed by atoms with Gasteiger partial charge in [-0.25, -0.2) is 9.53 Å². The molecule has 0 aliphatic carbocycles. The minimum absolute atomic E-state index is 0.0214. The number of carboxylic acids is 1. The van der Waals surface area contributed by atoms with E-state index >= 15 is 0 Å². The second-order valence-electron chi connectivity index (χ2n) is 11.1. The molecule has 200 valence electrons. The number of nitrogens with zero attached hydrogens (tertiary/aromatic N) is 5. The summed E-state index contributed by atoms with van der Waals surface area (Å²) in [6.45, 7) is 17.7.